The van der Waals surface area contributed by atoms with Crippen molar-refractivity contribution in [1.82, 2.24) is 19.7 Å². The highest BCUT2D eigenvalue weighted by Crippen LogP contribution is 2.35. The highest BCUT2D eigenvalue weighted by molar-refractivity contribution is 5.94. The zero-order valence-electron chi connectivity index (χ0n) is 21.8. The van der Waals surface area contributed by atoms with E-state index in [0.717, 1.165) is 30.8 Å². The zero-order valence-corrected chi connectivity index (χ0v) is 21.8. The number of carbonyl (C=O) groups excluding carboxylic acids is 1. The van der Waals surface area contributed by atoms with Crippen LogP contribution in [0, 0.1) is 0 Å². The molecule has 36 heavy (non-hydrogen) atoms. The third-order valence-electron chi connectivity index (χ3n) is 7.32. The van der Waals surface area contributed by atoms with E-state index < -0.39 is 0 Å². The van der Waals surface area contributed by atoms with Gasteiger partial charge in [0.2, 0.25) is 0 Å². The predicted octanol–water partition coefficient (Wildman–Crippen LogP) is 4.95. The lowest BCUT2D eigenvalue weighted by molar-refractivity contribution is 0.0195. The van der Waals surface area contributed by atoms with Crippen molar-refractivity contribution in [1.29, 1.82) is 0 Å². The Morgan fingerprint density at radius 1 is 0.972 bits per heavy atom. The normalized spacial score (nSPS) is 19.7. The monoisotopic (exact) mass is 486 g/mol. The summed E-state index contributed by atoms with van der Waals surface area (Å²) in [5, 5.41) is 10.3. The van der Waals surface area contributed by atoms with Crippen LogP contribution in [0.1, 0.15) is 60.8 Å². The number of amides is 1. The highest BCUT2D eigenvalue weighted by atomic mass is 16.3. The van der Waals surface area contributed by atoms with Crippen LogP contribution in [-0.2, 0) is 6.54 Å². The van der Waals surface area contributed by atoms with Gasteiger partial charge in [-0.05, 0) is 80.8 Å². The first-order valence-corrected chi connectivity index (χ1v) is 13.0. The van der Waals surface area contributed by atoms with Gasteiger partial charge in [0.1, 0.15) is 5.75 Å². The Balaban J connectivity index is 1.66. The van der Waals surface area contributed by atoms with E-state index in [4.69, 9.17) is 0 Å². The largest absolute Gasteiger partial charge is 0.508 e. The number of carbonyl (C=O) groups is 1. The Labute approximate surface area is 215 Å². The summed E-state index contributed by atoms with van der Waals surface area (Å²) in [6, 6.07) is 20.3. The van der Waals surface area contributed by atoms with Crippen molar-refractivity contribution in [3.63, 3.8) is 0 Å². The average Bonchev–Trinajstić information content (AvgIpc) is 2.88. The predicted molar refractivity (Wildman–Crippen MR) is 144 cm³/mol. The number of piperazine rings is 1. The van der Waals surface area contributed by atoms with E-state index in [1.165, 1.54) is 5.56 Å². The molecular formula is C30H38N4O2. The Hall–Kier alpha value is -3.22. The van der Waals surface area contributed by atoms with Gasteiger partial charge in [0.15, 0.2) is 0 Å². The maximum atomic E-state index is 13.1. The van der Waals surface area contributed by atoms with Crippen LogP contribution in [-0.4, -0.2) is 69.0 Å². The maximum Gasteiger partial charge on any atom is 0.253 e. The van der Waals surface area contributed by atoms with E-state index in [9.17, 15) is 9.90 Å². The molecule has 1 fully saturated rings. The van der Waals surface area contributed by atoms with Crippen LogP contribution >= 0.6 is 0 Å². The highest BCUT2D eigenvalue weighted by Gasteiger charge is 2.35. The van der Waals surface area contributed by atoms with Crippen LogP contribution in [0.4, 0.5) is 0 Å². The summed E-state index contributed by atoms with van der Waals surface area (Å²) in [4.78, 5) is 24.2. The lowest BCUT2D eigenvalue weighted by Crippen LogP contribution is -2.56. The molecular weight excluding hydrogens is 448 g/mol. The lowest BCUT2D eigenvalue weighted by Gasteiger charge is -2.47. The molecule has 0 unspecified atom stereocenters. The molecule has 2 heterocycles. The molecule has 3 atom stereocenters. The summed E-state index contributed by atoms with van der Waals surface area (Å²) in [6.45, 7) is 12.6. The molecule has 3 aromatic rings. The first-order chi connectivity index (χ1) is 17.4. The summed E-state index contributed by atoms with van der Waals surface area (Å²) in [6.07, 6.45) is 3.70. The second kappa shape index (κ2) is 11.7. The van der Waals surface area contributed by atoms with Gasteiger partial charge in [0, 0.05) is 62.8 Å². The maximum absolute atomic E-state index is 13.1. The van der Waals surface area contributed by atoms with Crippen molar-refractivity contribution in [2.75, 3.05) is 26.2 Å². The Morgan fingerprint density at radius 2 is 1.64 bits per heavy atom. The van der Waals surface area contributed by atoms with E-state index in [-0.39, 0.29) is 23.7 Å². The topological polar surface area (TPSA) is 59.9 Å². The number of benzene rings is 2. The first kappa shape index (κ1) is 25.9. The van der Waals surface area contributed by atoms with Gasteiger partial charge in [-0.15, -0.1) is 0 Å². The van der Waals surface area contributed by atoms with Gasteiger partial charge in [0.05, 0.1) is 6.04 Å². The fourth-order valence-corrected chi connectivity index (χ4v) is 5.33. The summed E-state index contributed by atoms with van der Waals surface area (Å²) in [7, 11) is 0. The van der Waals surface area contributed by atoms with Crippen LogP contribution < -0.4 is 0 Å². The molecule has 6 nitrogen and oxygen atoms in total. The molecule has 1 aromatic heterocycles. The molecule has 0 aliphatic carbocycles. The van der Waals surface area contributed by atoms with Crippen molar-refractivity contribution < 1.29 is 9.90 Å². The van der Waals surface area contributed by atoms with E-state index in [0.29, 0.717) is 24.7 Å². The molecule has 6 heteroatoms. The number of hydrogen-bond donors (Lipinski definition) is 1. The second-order valence-electron chi connectivity index (χ2n) is 9.78. The molecule has 4 rings (SSSR count). The molecule has 190 valence electrons. The van der Waals surface area contributed by atoms with Gasteiger partial charge in [-0.2, -0.15) is 0 Å². The minimum Gasteiger partial charge on any atom is -0.508 e. The van der Waals surface area contributed by atoms with Crippen LogP contribution in [0.5, 0.6) is 5.75 Å². The number of hydrogen-bond acceptors (Lipinski definition) is 5. The molecule has 1 amide bonds. The minimum atomic E-state index is -0.0675. The van der Waals surface area contributed by atoms with Crippen molar-refractivity contribution in [3.8, 4) is 5.75 Å². The van der Waals surface area contributed by atoms with Crippen molar-refractivity contribution >= 4 is 5.91 Å². The van der Waals surface area contributed by atoms with Crippen LogP contribution in [0.2, 0.25) is 0 Å². The molecule has 0 saturated carbocycles. The first-order valence-electron chi connectivity index (χ1n) is 13.0. The number of aromatic hydroxyl groups is 1. The molecule has 1 aliphatic rings. The van der Waals surface area contributed by atoms with Crippen LogP contribution in [0.25, 0.3) is 0 Å². The zero-order chi connectivity index (χ0) is 25.7. The Morgan fingerprint density at radius 3 is 2.31 bits per heavy atom. The fourth-order valence-electron chi connectivity index (χ4n) is 5.33. The number of pyridine rings is 1. The number of nitrogens with zero attached hydrogens (tertiary/aromatic N) is 4. The summed E-state index contributed by atoms with van der Waals surface area (Å²) < 4.78 is 0. The molecule has 2 aromatic carbocycles. The SMILES string of the molecule is CCN(CC)C(=O)c1cccc([C@H](c2cccc(O)c2)N2C[C@@H](C)N(Cc3ccncc3)C[C@@H]2C)c1. The number of rotatable bonds is 8. The second-order valence-corrected chi connectivity index (χ2v) is 9.78. The summed E-state index contributed by atoms with van der Waals surface area (Å²) in [5.41, 5.74) is 4.08. The average molecular weight is 487 g/mol. The van der Waals surface area contributed by atoms with Crippen LogP contribution in [0.15, 0.2) is 73.1 Å². The lowest BCUT2D eigenvalue weighted by atomic mass is 9.92. The quantitative estimate of drug-likeness (QED) is 0.488. The van der Waals surface area contributed by atoms with Crippen molar-refractivity contribution in [2.45, 2.75) is 52.4 Å². The van der Waals surface area contributed by atoms with E-state index in [1.54, 1.807) is 6.07 Å². The third-order valence-corrected chi connectivity index (χ3v) is 7.32. The van der Waals surface area contributed by atoms with Crippen LogP contribution in [0.3, 0.4) is 0 Å². The Kier molecular flexibility index (Phi) is 8.39. The third kappa shape index (κ3) is 5.77. The number of phenolic OH excluding ortho intramolecular Hbond substituents is 1. The van der Waals surface area contributed by atoms with Gasteiger partial charge < -0.3 is 10.0 Å². The molecule has 1 aliphatic heterocycles. The van der Waals surface area contributed by atoms with Gasteiger partial charge in [0.25, 0.3) is 5.91 Å². The van der Waals surface area contributed by atoms with Gasteiger partial charge in [-0.1, -0.05) is 24.3 Å². The standard InChI is InChI=1S/C30H38N4O2/c1-5-32(6-2)30(36)27-11-7-9-25(17-27)29(26-10-8-12-28(35)18-26)34-20-22(3)33(19-23(34)4)21-24-13-15-31-16-14-24/h7-18,22-23,29,35H,5-6,19-21H2,1-4H3/t22-,23+,29-/m1/s1. The molecule has 1 saturated heterocycles. The van der Waals surface area contributed by atoms with Crippen molar-refractivity contribution in [2.24, 2.45) is 0 Å². The molecule has 0 spiro atoms. The van der Waals surface area contributed by atoms with Gasteiger partial charge >= 0.3 is 0 Å². The number of phenols is 1. The minimum absolute atomic E-state index is 0.0556. The molecule has 0 radical (unpaired) electrons. The van der Waals surface area contributed by atoms with Gasteiger partial charge in [-0.3, -0.25) is 19.6 Å². The van der Waals surface area contributed by atoms with Gasteiger partial charge in [-0.25, -0.2) is 0 Å². The molecule has 0 bridgehead atoms. The summed E-state index contributed by atoms with van der Waals surface area (Å²) in [5.74, 6) is 0.310. The fraction of sp³-hybridized carbons (Fsp3) is 0.400. The summed E-state index contributed by atoms with van der Waals surface area (Å²) >= 11 is 0. The van der Waals surface area contributed by atoms with E-state index >= 15 is 0 Å². The van der Waals surface area contributed by atoms with E-state index in [2.05, 4.69) is 52.9 Å². The Bertz CT molecular complexity index is 1150. The van der Waals surface area contributed by atoms with E-state index in [1.807, 2.05) is 61.5 Å². The smallest absolute Gasteiger partial charge is 0.253 e. The number of aromatic nitrogens is 1. The van der Waals surface area contributed by atoms with Crippen molar-refractivity contribution in [3.05, 3.63) is 95.3 Å². The molecule has 1 N–H and O–H groups in total.